The molecular formula is C21H24N2O4. The SMILES string of the molecule is CCCN1C(=O)CCc2cc(NC(=O)COc3ccc(OC)cc3)ccc21. The fraction of sp³-hybridized carbons (Fsp3) is 0.333. The van der Waals surface area contributed by atoms with Crippen molar-refractivity contribution in [2.45, 2.75) is 26.2 Å². The Morgan fingerprint density at radius 3 is 2.56 bits per heavy atom. The van der Waals surface area contributed by atoms with Crippen LogP contribution in [0.3, 0.4) is 0 Å². The van der Waals surface area contributed by atoms with Gasteiger partial charge in [-0.05, 0) is 60.9 Å². The first kappa shape index (κ1) is 18.8. The molecule has 1 N–H and O–H groups in total. The Balaban J connectivity index is 1.60. The molecule has 0 saturated heterocycles. The fourth-order valence-electron chi connectivity index (χ4n) is 3.12. The molecule has 1 aliphatic heterocycles. The third kappa shape index (κ3) is 4.58. The van der Waals surface area contributed by atoms with E-state index < -0.39 is 0 Å². The van der Waals surface area contributed by atoms with E-state index in [0.717, 1.165) is 23.4 Å². The van der Waals surface area contributed by atoms with Gasteiger partial charge in [0.2, 0.25) is 5.91 Å². The van der Waals surface area contributed by atoms with Gasteiger partial charge < -0.3 is 19.7 Å². The minimum atomic E-state index is -0.233. The van der Waals surface area contributed by atoms with Gasteiger partial charge in [-0.3, -0.25) is 9.59 Å². The van der Waals surface area contributed by atoms with Crippen LogP contribution in [0, 0.1) is 0 Å². The van der Waals surface area contributed by atoms with E-state index in [0.29, 0.717) is 30.8 Å². The largest absolute Gasteiger partial charge is 0.497 e. The highest BCUT2D eigenvalue weighted by Gasteiger charge is 2.23. The molecule has 0 spiro atoms. The lowest BCUT2D eigenvalue weighted by Gasteiger charge is -2.29. The molecule has 0 saturated carbocycles. The van der Waals surface area contributed by atoms with E-state index >= 15 is 0 Å². The number of ether oxygens (including phenoxy) is 2. The van der Waals surface area contributed by atoms with E-state index in [4.69, 9.17) is 9.47 Å². The average Bonchev–Trinajstić information content (AvgIpc) is 2.69. The molecule has 1 heterocycles. The van der Waals surface area contributed by atoms with Crippen LogP contribution in [-0.2, 0) is 16.0 Å². The summed E-state index contributed by atoms with van der Waals surface area (Å²) in [6.45, 7) is 2.69. The van der Waals surface area contributed by atoms with Gasteiger partial charge in [0.05, 0.1) is 7.11 Å². The van der Waals surface area contributed by atoms with Crippen molar-refractivity contribution in [1.82, 2.24) is 0 Å². The maximum Gasteiger partial charge on any atom is 0.262 e. The Bertz CT molecular complexity index is 817. The van der Waals surface area contributed by atoms with Gasteiger partial charge in [0, 0.05) is 24.3 Å². The third-order valence-corrected chi connectivity index (χ3v) is 4.44. The second kappa shape index (κ2) is 8.58. The van der Waals surface area contributed by atoms with E-state index in [1.165, 1.54) is 0 Å². The molecule has 6 nitrogen and oxygen atoms in total. The van der Waals surface area contributed by atoms with Gasteiger partial charge in [-0.1, -0.05) is 6.92 Å². The molecule has 1 aliphatic rings. The first-order valence-corrected chi connectivity index (χ1v) is 9.10. The molecule has 0 bridgehead atoms. The maximum absolute atomic E-state index is 12.2. The minimum absolute atomic E-state index is 0.0795. The van der Waals surface area contributed by atoms with Crippen LogP contribution in [0.25, 0.3) is 0 Å². The lowest BCUT2D eigenvalue weighted by atomic mass is 10.00. The number of rotatable bonds is 7. The Hall–Kier alpha value is -3.02. The van der Waals surface area contributed by atoms with Gasteiger partial charge in [0.25, 0.3) is 5.91 Å². The van der Waals surface area contributed by atoms with Crippen molar-refractivity contribution in [1.29, 1.82) is 0 Å². The average molecular weight is 368 g/mol. The molecule has 0 aromatic heterocycles. The summed E-state index contributed by atoms with van der Waals surface area (Å²) in [5, 5.41) is 2.85. The van der Waals surface area contributed by atoms with Crippen LogP contribution >= 0.6 is 0 Å². The molecular weight excluding hydrogens is 344 g/mol. The molecule has 27 heavy (non-hydrogen) atoms. The van der Waals surface area contributed by atoms with Crippen molar-refractivity contribution in [3.8, 4) is 11.5 Å². The zero-order valence-corrected chi connectivity index (χ0v) is 15.7. The summed E-state index contributed by atoms with van der Waals surface area (Å²) in [5.41, 5.74) is 2.74. The molecule has 0 atom stereocenters. The van der Waals surface area contributed by atoms with Gasteiger partial charge in [0.15, 0.2) is 6.61 Å². The number of nitrogens with one attached hydrogen (secondary N) is 1. The molecule has 0 fully saturated rings. The Morgan fingerprint density at radius 1 is 1.11 bits per heavy atom. The van der Waals surface area contributed by atoms with Crippen molar-refractivity contribution < 1.29 is 19.1 Å². The molecule has 2 aromatic rings. The zero-order valence-electron chi connectivity index (χ0n) is 15.7. The van der Waals surface area contributed by atoms with Gasteiger partial charge >= 0.3 is 0 Å². The highest BCUT2D eigenvalue weighted by atomic mass is 16.5. The van der Waals surface area contributed by atoms with Crippen molar-refractivity contribution in [3.63, 3.8) is 0 Å². The number of carbonyl (C=O) groups is 2. The van der Waals surface area contributed by atoms with Crippen molar-refractivity contribution >= 4 is 23.2 Å². The van der Waals surface area contributed by atoms with Crippen LogP contribution in [0.1, 0.15) is 25.3 Å². The number of fused-ring (bicyclic) bond motifs is 1. The van der Waals surface area contributed by atoms with Gasteiger partial charge in [-0.25, -0.2) is 0 Å². The highest BCUT2D eigenvalue weighted by molar-refractivity contribution is 5.97. The predicted octanol–water partition coefficient (Wildman–Crippen LogP) is 3.40. The number of carbonyl (C=O) groups excluding carboxylic acids is 2. The smallest absolute Gasteiger partial charge is 0.262 e. The number of hydrogen-bond acceptors (Lipinski definition) is 4. The number of amides is 2. The van der Waals surface area contributed by atoms with Crippen molar-refractivity contribution in [2.75, 3.05) is 30.5 Å². The lowest BCUT2D eigenvalue weighted by Crippen LogP contribution is -2.35. The molecule has 2 aromatic carbocycles. The molecule has 3 rings (SSSR count). The van der Waals surface area contributed by atoms with Gasteiger partial charge in [0.1, 0.15) is 11.5 Å². The summed E-state index contributed by atoms with van der Waals surface area (Å²) in [4.78, 5) is 26.1. The van der Waals surface area contributed by atoms with Crippen LogP contribution in [0.2, 0.25) is 0 Å². The standard InChI is InChI=1S/C21H24N2O4/c1-3-12-23-19-10-5-16(13-15(19)4-11-21(23)25)22-20(24)14-27-18-8-6-17(26-2)7-9-18/h5-10,13H,3-4,11-12,14H2,1-2H3,(H,22,24). The fourth-order valence-corrected chi connectivity index (χ4v) is 3.12. The van der Waals surface area contributed by atoms with E-state index in [2.05, 4.69) is 12.2 Å². The number of hydrogen-bond donors (Lipinski definition) is 1. The number of aryl methyl sites for hydroxylation is 1. The predicted molar refractivity (Wildman–Crippen MR) is 105 cm³/mol. The Labute approximate surface area is 159 Å². The maximum atomic E-state index is 12.2. The van der Waals surface area contributed by atoms with Crippen LogP contribution in [0.5, 0.6) is 11.5 Å². The molecule has 0 radical (unpaired) electrons. The van der Waals surface area contributed by atoms with E-state index in [1.54, 1.807) is 31.4 Å². The van der Waals surface area contributed by atoms with Crippen LogP contribution in [-0.4, -0.2) is 32.1 Å². The minimum Gasteiger partial charge on any atom is -0.497 e. The zero-order chi connectivity index (χ0) is 19.2. The summed E-state index contributed by atoms with van der Waals surface area (Å²) in [7, 11) is 1.60. The Kier molecular flexibility index (Phi) is 5.96. The summed E-state index contributed by atoms with van der Waals surface area (Å²) < 4.78 is 10.6. The van der Waals surface area contributed by atoms with Crippen molar-refractivity contribution in [3.05, 3.63) is 48.0 Å². The Morgan fingerprint density at radius 2 is 1.85 bits per heavy atom. The first-order chi connectivity index (χ1) is 13.1. The van der Waals surface area contributed by atoms with Crippen LogP contribution in [0.4, 0.5) is 11.4 Å². The second-order valence-corrected chi connectivity index (χ2v) is 6.40. The number of benzene rings is 2. The van der Waals surface area contributed by atoms with E-state index in [-0.39, 0.29) is 18.4 Å². The van der Waals surface area contributed by atoms with Crippen LogP contribution in [0.15, 0.2) is 42.5 Å². The summed E-state index contributed by atoms with van der Waals surface area (Å²) >= 11 is 0. The topological polar surface area (TPSA) is 67.9 Å². The number of nitrogens with zero attached hydrogens (tertiary/aromatic N) is 1. The molecule has 142 valence electrons. The van der Waals surface area contributed by atoms with E-state index in [9.17, 15) is 9.59 Å². The molecule has 6 heteroatoms. The monoisotopic (exact) mass is 368 g/mol. The normalized spacial score (nSPS) is 13.1. The third-order valence-electron chi connectivity index (χ3n) is 4.44. The summed E-state index contributed by atoms with van der Waals surface area (Å²) in [6.07, 6.45) is 2.11. The quantitative estimate of drug-likeness (QED) is 0.813. The first-order valence-electron chi connectivity index (χ1n) is 9.10. The highest BCUT2D eigenvalue weighted by Crippen LogP contribution is 2.30. The van der Waals surface area contributed by atoms with Gasteiger partial charge in [-0.2, -0.15) is 0 Å². The van der Waals surface area contributed by atoms with Crippen molar-refractivity contribution in [2.24, 2.45) is 0 Å². The molecule has 0 unspecified atom stereocenters. The summed E-state index contributed by atoms with van der Waals surface area (Å²) in [6, 6.07) is 12.7. The number of methoxy groups -OCH3 is 1. The molecule has 0 aliphatic carbocycles. The van der Waals surface area contributed by atoms with E-state index in [1.807, 2.05) is 23.1 Å². The molecule has 2 amide bonds. The number of anilines is 2. The summed E-state index contributed by atoms with van der Waals surface area (Å²) in [5.74, 6) is 1.26. The van der Waals surface area contributed by atoms with Gasteiger partial charge in [-0.15, -0.1) is 0 Å². The van der Waals surface area contributed by atoms with Crippen LogP contribution < -0.4 is 19.7 Å². The lowest BCUT2D eigenvalue weighted by molar-refractivity contribution is -0.119. The second-order valence-electron chi connectivity index (χ2n) is 6.40.